The predicted octanol–water partition coefficient (Wildman–Crippen LogP) is 4.65. The zero-order valence-electron chi connectivity index (χ0n) is 15.1. The standard InChI is InChI=1S/C21H19N3O2S/c1-13(15-8-4-3-5-9-15)22-18(25)12-27-21-20-19(23-14(2)24-21)16-10-6-7-11-17(16)26-20/h3-11,13H,12H2,1-2H3,(H,22,25)/t13-/m1/s1. The molecule has 0 spiro atoms. The van der Waals surface area contributed by atoms with Crippen molar-refractivity contribution in [2.45, 2.75) is 24.9 Å². The lowest BCUT2D eigenvalue weighted by atomic mass is 10.1. The van der Waals surface area contributed by atoms with Crippen molar-refractivity contribution < 1.29 is 9.21 Å². The molecule has 1 N–H and O–H groups in total. The first-order valence-corrected chi connectivity index (χ1v) is 9.73. The molecule has 0 aliphatic heterocycles. The van der Waals surface area contributed by atoms with Gasteiger partial charge in [-0.1, -0.05) is 54.2 Å². The van der Waals surface area contributed by atoms with Crippen molar-refractivity contribution in [3.63, 3.8) is 0 Å². The van der Waals surface area contributed by atoms with Crippen LogP contribution < -0.4 is 5.32 Å². The van der Waals surface area contributed by atoms with Gasteiger partial charge in [-0.05, 0) is 31.5 Å². The number of carbonyl (C=O) groups excluding carboxylic acids is 1. The van der Waals surface area contributed by atoms with Crippen LogP contribution in [0.4, 0.5) is 0 Å². The van der Waals surface area contributed by atoms with Gasteiger partial charge < -0.3 is 9.73 Å². The number of hydrogen-bond acceptors (Lipinski definition) is 5. The topological polar surface area (TPSA) is 68.0 Å². The van der Waals surface area contributed by atoms with E-state index in [1.54, 1.807) is 0 Å². The number of benzene rings is 2. The number of nitrogens with zero attached hydrogens (tertiary/aromatic N) is 2. The summed E-state index contributed by atoms with van der Waals surface area (Å²) >= 11 is 1.37. The largest absolute Gasteiger partial charge is 0.451 e. The van der Waals surface area contributed by atoms with Crippen molar-refractivity contribution in [1.29, 1.82) is 0 Å². The van der Waals surface area contributed by atoms with Crippen molar-refractivity contribution >= 4 is 39.7 Å². The fourth-order valence-electron chi connectivity index (χ4n) is 3.01. The van der Waals surface area contributed by atoms with Crippen LogP contribution >= 0.6 is 11.8 Å². The van der Waals surface area contributed by atoms with Crippen molar-refractivity contribution in [3.8, 4) is 0 Å². The quantitative estimate of drug-likeness (QED) is 0.405. The summed E-state index contributed by atoms with van der Waals surface area (Å²) in [6.07, 6.45) is 0. The van der Waals surface area contributed by atoms with Gasteiger partial charge in [0.15, 0.2) is 5.58 Å². The highest BCUT2D eigenvalue weighted by molar-refractivity contribution is 8.00. The number of fused-ring (bicyclic) bond motifs is 3. The van der Waals surface area contributed by atoms with E-state index in [2.05, 4.69) is 15.3 Å². The van der Waals surface area contributed by atoms with Crippen LogP contribution in [-0.2, 0) is 4.79 Å². The van der Waals surface area contributed by atoms with Crippen LogP contribution in [0.2, 0.25) is 0 Å². The minimum absolute atomic E-state index is 0.0438. The van der Waals surface area contributed by atoms with Crippen LogP contribution in [0.25, 0.3) is 22.1 Å². The fraction of sp³-hybridized carbons (Fsp3) is 0.190. The van der Waals surface area contributed by atoms with Gasteiger partial charge in [0.1, 0.15) is 22.0 Å². The van der Waals surface area contributed by atoms with E-state index in [1.807, 2.05) is 68.4 Å². The molecule has 1 amide bonds. The molecule has 0 radical (unpaired) electrons. The van der Waals surface area contributed by atoms with E-state index in [1.165, 1.54) is 11.8 Å². The maximum absolute atomic E-state index is 12.4. The number of carbonyl (C=O) groups is 1. The van der Waals surface area contributed by atoms with E-state index in [4.69, 9.17) is 4.42 Å². The molecule has 0 aliphatic rings. The number of rotatable bonds is 5. The van der Waals surface area contributed by atoms with Gasteiger partial charge in [0.2, 0.25) is 5.91 Å². The van der Waals surface area contributed by atoms with Gasteiger partial charge in [-0.3, -0.25) is 4.79 Å². The second-order valence-corrected chi connectivity index (χ2v) is 7.30. The van der Waals surface area contributed by atoms with Crippen LogP contribution in [0, 0.1) is 6.92 Å². The Morgan fingerprint density at radius 3 is 2.67 bits per heavy atom. The number of hydrogen-bond donors (Lipinski definition) is 1. The number of aryl methyl sites for hydroxylation is 1. The average molecular weight is 377 g/mol. The fourth-order valence-corrected chi connectivity index (χ4v) is 3.83. The number of amides is 1. The van der Waals surface area contributed by atoms with Crippen LogP contribution in [0.15, 0.2) is 64.0 Å². The molecule has 136 valence electrons. The summed E-state index contributed by atoms with van der Waals surface area (Å²) in [7, 11) is 0. The van der Waals surface area contributed by atoms with Gasteiger partial charge in [-0.25, -0.2) is 9.97 Å². The lowest BCUT2D eigenvalue weighted by molar-refractivity contribution is -0.119. The van der Waals surface area contributed by atoms with Gasteiger partial charge in [0, 0.05) is 5.39 Å². The molecule has 27 heavy (non-hydrogen) atoms. The Labute approximate surface area is 161 Å². The number of nitrogens with one attached hydrogen (secondary N) is 1. The summed E-state index contributed by atoms with van der Waals surface area (Å²) in [5.41, 5.74) is 3.28. The first-order valence-electron chi connectivity index (χ1n) is 8.75. The number of furan rings is 1. The molecule has 5 nitrogen and oxygen atoms in total. The molecule has 0 saturated heterocycles. The van der Waals surface area contributed by atoms with Crippen molar-refractivity contribution in [2.75, 3.05) is 5.75 Å². The van der Waals surface area contributed by atoms with Crippen LogP contribution in [-0.4, -0.2) is 21.6 Å². The third-order valence-electron chi connectivity index (χ3n) is 4.32. The van der Waals surface area contributed by atoms with Crippen molar-refractivity contribution in [3.05, 3.63) is 66.0 Å². The summed E-state index contributed by atoms with van der Waals surface area (Å²) < 4.78 is 5.94. The van der Waals surface area contributed by atoms with Gasteiger partial charge in [0.25, 0.3) is 0 Å². The van der Waals surface area contributed by atoms with Crippen molar-refractivity contribution in [2.24, 2.45) is 0 Å². The number of thioether (sulfide) groups is 1. The van der Waals surface area contributed by atoms with Crippen LogP contribution in [0.5, 0.6) is 0 Å². The Bertz CT molecular complexity index is 1110. The van der Waals surface area contributed by atoms with Gasteiger partial charge in [-0.2, -0.15) is 0 Å². The molecule has 0 unspecified atom stereocenters. The number of aromatic nitrogens is 2. The van der Waals surface area contributed by atoms with Crippen molar-refractivity contribution in [1.82, 2.24) is 15.3 Å². The molecule has 6 heteroatoms. The SMILES string of the molecule is Cc1nc(SCC(=O)N[C@H](C)c2ccccc2)c2oc3ccccc3c2n1. The first-order chi connectivity index (χ1) is 13.1. The van der Waals surface area contributed by atoms with Gasteiger partial charge in [0.05, 0.1) is 11.8 Å². The summed E-state index contributed by atoms with van der Waals surface area (Å²) in [5.74, 6) is 0.881. The second kappa shape index (κ2) is 7.40. The average Bonchev–Trinajstić information content (AvgIpc) is 3.05. The molecule has 0 saturated carbocycles. The third kappa shape index (κ3) is 3.66. The molecule has 0 fully saturated rings. The van der Waals surface area contributed by atoms with E-state index in [-0.39, 0.29) is 17.7 Å². The minimum atomic E-state index is -0.0446. The molecule has 4 aromatic rings. The Morgan fingerprint density at radius 1 is 1.11 bits per heavy atom. The number of para-hydroxylation sites is 1. The third-order valence-corrected chi connectivity index (χ3v) is 5.27. The summed E-state index contributed by atoms with van der Waals surface area (Å²) in [4.78, 5) is 21.4. The highest BCUT2D eigenvalue weighted by Gasteiger charge is 2.16. The molecule has 2 heterocycles. The molecule has 0 aliphatic carbocycles. The molecule has 4 rings (SSSR count). The lowest BCUT2D eigenvalue weighted by Gasteiger charge is -2.14. The van der Waals surface area contributed by atoms with Gasteiger partial charge in [-0.15, -0.1) is 0 Å². The Hall–Kier alpha value is -2.86. The van der Waals surface area contributed by atoms with E-state index < -0.39 is 0 Å². The molecule has 0 bridgehead atoms. The smallest absolute Gasteiger partial charge is 0.230 e. The van der Waals surface area contributed by atoms with E-state index in [0.717, 1.165) is 22.0 Å². The van der Waals surface area contributed by atoms with Crippen LogP contribution in [0.1, 0.15) is 24.4 Å². The van der Waals surface area contributed by atoms with Gasteiger partial charge >= 0.3 is 0 Å². The summed E-state index contributed by atoms with van der Waals surface area (Å²) in [6.45, 7) is 3.83. The van der Waals surface area contributed by atoms with E-state index in [0.29, 0.717) is 16.4 Å². The second-order valence-electron chi connectivity index (χ2n) is 6.34. The van der Waals surface area contributed by atoms with Crippen LogP contribution in [0.3, 0.4) is 0 Å². The maximum Gasteiger partial charge on any atom is 0.230 e. The maximum atomic E-state index is 12.4. The summed E-state index contributed by atoms with van der Waals surface area (Å²) in [6, 6.07) is 17.6. The normalized spacial score (nSPS) is 12.4. The zero-order chi connectivity index (χ0) is 18.8. The molecule has 2 aromatic heterocycles. The highest BCUT2D eigenvalue weighted by Crippen LogP contribution is 2.33. The van der Waals surface area contributed by atoms with E-state index in [9.17, 15) is 4.79 Å². The monoisotopic (exact) mass is 377 g/mol. The van der Waals surface area contributed by atoms with E-state index >= 15 is 0 Å². The Morgan fingerprint density at radius 2 is 1.85 bits per heavy atom. The Kier molecular flexibility index (Phi) is 4.81. The highest BCUT2D eigenvalue weighted by atomic mass is 32.2. The predicted molar refractivity (Wildman–Crippen MR) is 108 cm³/mol. The minimum Gasteiger partial charge on any atom is -0.451 e. The molecule has 1 atom stereocenters. The molecular weight excluding hydrogens is 358 g/mol. The molecular formula is C21H19N3O2S. The summed E-state index contributed by atoms with van der Waals surface area (Å²) in [5, 5.41) is 4.67. The molecule has 2 aromatic carbocycles. The zero-order valence-corrected chi connectivity index (χ0v) is 15.9. The lowest BCUT2D eigenvalue weighted by Crippen LogP contribution is -2.28. The first kappa shape index (κ1) is 17.5. The Balaban J connectivity index is 1.52.